The molecule has 266 valence electrons. The number of hydrogen-bond donors (Lipinski definition) is 0. The van der Waals surface area contributed by atoms with Gasteiger partial charge in [-0.2, -0.15) is 6.07 Å². The number of pyridine rings is 2. The van der Waals surface area contributed by atoms with E-state index in [9.17, 15) is 0 Å². The molecule has 0 fully saturated rings. The Balaban J connectivity index is 0.00000384. The number of ether oxygens (including phenoxy) is 1. The van der Waals surface area contributed by atoms with Crippen LogP contribution in [0.2, 0.25) is 0 Å². The van der Waals surface area contributed by atoms with E-state index in [4.69, 9.17) is 9.72 Å². The van der Waals surface area contributed by atoms with Crippen molar-refractivity contribution >= 4 is 49.1 Å². The molecule has 6 heteroatoms. The normalized spacial score (nSPS) is 11.4. The third kappa shape index (κ3) is 5.43. The fraction of sp³-hybridized carbons (Fsp3) is 0. The van der Waals surface area contributed by atoms with Crippen molar-refractivity contribution in [3.05, 3.63) is 194 Å². The van der Waals surface area contributed by atoms with Gasteiger partial charge in [-0.15, -0.1) is 29.7 Å². The van der Waals surface area contributed by atoms with Gasteiger partial charge in [0.2, 0.25) is 0 Å². The third-order valence-electron chi connectivity index (χ3n) is 10.5. The number of nitrogens with zero attached hydrogens (tertiary/aromatic N) is 4. The number of imidazole rings is 1. The first kappa shape index (κ1) is 33.7. The van der Waals surface area contributed by atoms with Gasteiger partial charge in [0.25, 0.3) is 0 Å². The molecule has 11 aromatic rings. The molecular weight excluding hydrogens is 868 g/mol. The van der Waals surface area contributed by atoms with Crippen molar-refractivity contribution in [2.45, 2.75) is 0 Å². The maximum atomic E-state index is 6.62. The average Bonchev–Trinajstić information content (AvgIpc) is 3.85. The quantitative estimate of drug-likeness (QED) is 0.123. The summed E-state index contributed by atoms with van der Waals surface area (Å²) in [6, 6.07) is 66.0. The van der Waals surface area contributed by atoms with E-state index in [2.05, 4.69) is 160 Å². The Morgan fingerprint density at radius 3 is 1.89 bits per heavy atom. The minimum atomic E-state index is 0. The number of hydrogen-bond acceptors (Lipinski definition) is 3. The maximum Gasteiger partial charge on any atom is 2.00 e. The van der Waals surface area contributed by atoms with Crippen LogP contribution in [0.4, 0.5) is 0 Å². The molecule has 7 aromatic carbocycles. The molecule has 0 atom stereocenters. The monoisotopic (exact) mass is 897 g/mol. The molecule has 0 saturated heterocycles. The summed E-state index contributed by atoms with van der Waals surface area (Å²) in [5.41, 5.74) is 10.6. The Morgan fingerprint density at radius 1 is 0.500 bits per heavy atom. The van der Waals surface area contributed by atoms with Crippen LogP contribution in [0.15, 0.2) is 182 Å². The zero-order valence-electron chi connectivity index (χ0n) is 29.8. The SMILES string of the molecule is [Pt+2].[c-]1c(Oc2[c-]c3c(cc2)c2ccccc2n3-c2ccccn2)ccc2c1c1ncc(-c3ccccc3)n1c1c(-c3ccccc3)c(-c3ccccc3)ccc21. The molecular formula is C50H30N4OPt. The van der Waals surface area contributed by atoms with Gasteiger partial charge in [0.1, 0.15) is 5.82 Å². The first-order valence-corrected chi connectivity index (χ1v) is 18.3. The molecule has 0 bridgehead atoms. The van der Waals surface area contributed by atoms with Crippen molar-refractivity contribution in [1.82, 2.24) is 18.9 Å². The molecule has 0 spiro atoms. The molecule has 4 aromatic heterocycles. The summed E-state index contributed by atoms with van der Waals surface area (Å²) in [5.74, 6) is 2.00. The van der Waals surface area contributed by atoms with E-state index < -0.39 is 0 Å². The molecule has 0 N–H and O–H groups in total. The van der Waals surface area contributed by atoms with Gasteiger partial charge in [0.15, 0.2) is 0 Å². The van der Waals surface area contributed by atoms with Crippen LogP contribution in [0.1, 0.15) is 0 Å². The van der Waals surface area contributed by atoms with Crippen molar-refractivity contribution in [3.63, 3.8) is 0 Å². The first-order chi connectivity index (χ1) is 27.3. The molecule has 11 rings (SSSR count). The van der Waals surface area contributed by atoms with Gasteiger partial charge in [0.05, 0.1) is 11.3 Å². The van der Waals surface area contributed by atoms with E-state index in [1.54, 1.807) is 0 Å². The van der Waals surface area contributed by atoms with Gasteiger partial charge in [0, 0.05) is 40.5 Å². The van der Waals surface area contributed by atoms with Crippen LogP contribution in [0, 0.1) is 12.1 Å². The molecule has 56 heavy (non-hydrogen) atoms. The molecule has 0 aliphatic carbocycles. The smallest absolute Gasteiger partial charge is 0.503 e. The minimum absolute atomic E-state index is 0. The van der Waals surface area contributed by atoms with Crippen molar-refractivity contribution in [1.29, 1.82) is 0 Å². The first-order valence-electron chi connectivity index (χ1n) is 18.3. The Labute approximate surface area is 337 Å². The molecule has 0 aliphatic heterocycles. The van der Waals surface area contributed by atoms with E-state index in [-0.39, 0.29) is 21.1 Å². The molecule has 0 aliphatic rings. The molecule has 5 nitrogen and oxygen atoms in total. The van der Waals surface area contributed by atoms with E-state index in [1.165, 1.54) is 0 Å². The molecule has 0 amide bonds. The van der Waals surface area contributed by atoms with Gasteiger partial charge < -0.3 is 13.7 Å². The van der Waals surface area contributed by atoms with Crippen molar-refractivity contribution in [2.24, 2.45) is 0 Å². The van der Waals surface area contributed by atoms with Crippen molar-refractivity contribution < 1.29 is 25.8 Å². The minimum Gasteiger partial charge on any atom is -0.503 e. The third-order valence-corrected chi connectivity index (χ3v) is 10.5. The zero-order chi connectivity index (χ0) is 36.3. The van der Waals surface area contributed by atoms with Crippen LogP contribution in [0.25, 0.3) is 88.5 Å². The van der Waals surface area contributed by atoms with Crippen LogP contribution in [0.3, 0.4) is 0 Å². The summed E-state index contributed by atoms with van der Waals surface area (Å²) in [6.07, 6.45) is 3.79. The number of benzene rings is 7. The second kappa shape index (κ2) is 13.8. The average molecular weight is 898 g/mol. The van der Waals surface area contributed by atoms with Crippen molar-refractivity contribution in [3.8, 4) is 50.8 Å². The van der Waals surface area contributed by atoms with E-state index in [0.29, 0.717) is 11.5 Å². The van der Waals surface area contributed by atoms with Crippen molar-refractivity contribution in [2.75, 3.05) is 0 Å². The van der Waals surface area contributed by atoms with Gasteiger partial charge in [-0.1, -0.05) is 150 Å². The summed E-state index contributed by atoms with van der Waals surface area (Å²) in [5, 5.41) is 5.25. The topological polar surface area (TPSA) is 44.3 Å². The largest absolute Gasteiger partial charge is 2.00 e. The summed E-state index contributed by atoms with van der Waals surface area (Å²) < 4.78 is 11.1. The Kier molecular flexibility index (Phi) is 8.31. The molecule has 0 saturated carbocycles. The van der Waals surface area contributed by atoms with Crippen LogP contribution >= 0.6 is 0 Å². The summed E-state index contributed by atoms with van der Waals surface area (Å²) in [7, 11) is 0. The predicted octanol–water partition coefficient (Wildman–Crippen LogP) is 12.5. The van der Waals surface area contributed by atoms with E-state index >= 15 is 0 Å². The van der Waals surface area contributed by atoms with Gasteiger partial charge in [-0.3, -0.25) is 4.98 Å². The fourth-order valence-corrected chi connectivity index (χ4v) is 8.07. The molecule has 4 heterocycles. The standard InChI is InChI=1S/C50H30N4O.Pt/c1-4-14-33(15-5-1)38-27-28-42-39-25-23-36(55-37-24-26-41-40-20-10-11-21-44(40)53(45(41)31-37)47-22-12-13-29-51-47)30-43(39)50-52-32-46(34-16-6-2-7-17-34)54(50)49(42)48(38)35-18-8-3-9-19-35;/h1-29,32H;/q-2;+2. The van der Waals surface area contributed by atoms with Gasteiger partial charge in [-0.05, 0) is 51.2 Å². The van der Waals surface area contributed by atoms with Crippen LogP contribution in [0.5, 0.6) is 11.5 Å². The van der Waals surface area contributed by atoms with Crippen LogP contribution in [-0.2, 0) is 21.1 Å². The molecule has 0 unspecified atom stereocenters. The Hall–Kier alpha value is -6.81. The second-order valence-corrected chi connectivity index (χ2v) is 13.6. The Morgan fingerprint density at radius 2 is 1.14 bits per heavy atom. The van der Waals surface area contributed by atoms with Gasteiger partial charge in [-0.25, -0.2) is 4.98 Å². The number of rotatable bonds is 6. The van der Waals surface area contributed by atoms with Crippen LogP contribution < -0.4 is 4.74 Å². The summed E-state index contributed by atoms with van der Waals surface area (Å²) >= 11 is 0. The van der Waals surface area contributed by atoms with Gasteiger partial charge >= 0.3 is 21.1 Å². The number of aromatic nitrogens is 4. The predicted molar refractivity (Wildman–Crippen MR) is 223 cm³/mol. The maximum absolute atomic E-state index is 6.62. The second-order valence-electron chi connectivity index (χ2n) is 13.6. The summed E-state index contributed by atoms with van der Waals surface area (Å²) in [6.45, 7) is 0. The van der Waals surface area contributed by atoms with Crippen LogP contribution in [-0.4, -0.2) is 18.9 Å². The fourth-order valence-electron chi connectivity index (χ4n) is 8.07. The number of para-hydroxylation sites is 1. The van der Waals surface area contributed by atoms with E-state index in [1.807, 2.05) is 48.8 Å². The Bertz CT molecular complexity index is 3210. The zero-order valence-corrected chi connectivity index (χ0v) is 32.1. The number of fused-ring (bicyclic) bond motifs is 9. The molecule has 0 radical (unpaired) electrons. The van der Waals surface area contributed by atoms with E-state index in [0.717, 1.165) is 88.5 Å². The summed E-state index contributed by atoms with van der Waals surface area (Å²) in [4.78, 5) is 9.81.